The SMILES string of the molecule is CC(O)CC(C)CNC(=O)c1cccc(N2CCCC2=O)c1. The molecule has 2 N–H and O–H groups in total. The molecule has 0 bridgehead atoms. The molecule has 2 atom stereocenters. The van der Waals surface area contributed by atoms with Crippen LogP contribution in [0.1, 0.15) is 43.5 Å². The third kappa shape index (κ3) is 4.31. The summed E-state index contributed by atoms with van der Waals surface area (Å²) in [6.07, 6.45) is 1.73. The lowest BCUT2D eigenvalue weighted by molar-refractivity contribution is -0.117. The average Bonchev–Trinajstić information content (AvgIpc) is 2.90. The van der Waals surface area contributed by atoms with Crippen LogP contribution in [0.25, 0.3) is 0 Å². The van der Waals surface area contributed by atoms with E-state index in [1.165, 1.54) is 0 Å². The van der Waals surface area contributed by atoms with Crippen molar-refractivity contribution in [3.8, 4) is 0 Å². The lowest BCUT2D eigenvalue weighted by Crippen LogP contribution is -2.30. The maximum atomic E-state index is 12.2. The standard InChI is InChI=1S/C17H24N2O3/c1-12(9-13(2)20)11-18-17(22)14-5-3-6-15(10-14)19-8-4-7-16(19)21/h3,5-6,10,12-13,20H,4,7-9,11H2,1-2H3,(H,18,22). The van der Waals surface area contributed by atoms with Crippen LogP contribution in [0, 0.1) is 5.92 Å². The highest BCUT2D eigenvalue weighted by Crippen LogP contribution is 2.22. The molecule has 2 amide bonds. The Labute approximate surface area is 131 Å². The second-order valence-electron chi connectivity index (χ2n) is 6.10. The molecule has 2 unspecified atom stereocenters. The third-order valence-corrected chi connectivity index (χ3v) is 3.85. The van der Waals surface area contributed by atoms with Crippen molar-refractivity contribution in [3.05, 3.63) is 29.8 Å². The number of rotatable bonds is 6. The van der Waals surface area contributed by atoms with Crippen molar-refractivity contribution in [1.82, 2.24) is 5.32 Å². The molecule has 0 radical (unpaired) electrons. The fourth-order valence-electron chi connectivity index (χ4n) is 2.77. The van der Waals surface area contributed by atoms with E-state index in [0.717, 1.165) is 18.7 Å². The summed E-state index contributed by atoms with van der Waals surface area (Å²) in [5.74, 6) is 0.182. The highest BCUT2D eigenvalue weighted by Gasteiger charge is 2.22. The van der Waals surface area contributed by atoms with E-state index in [9.17, 15) is 14.7 Å². The summed E-state index contributed by atoms with van der Waals surface area (Å²) >= 11 is 0. The number of aliphatic hydroxyl groups is 1. The summed E-state index contributed by atoms with van der Waals surface area (Å²) in [7, 11) is 0. The number of nitrogens with zero attached hydrogens (tertiary/aromatic N) is 1. The van der Waals surface area contributed by atoms with Crippen LogP contribution >= 0.6 is 0 Å². The number of amides is 2. The first-order valence-corrected chi connectivity index (χ1v) is 7.84. The van der Waals surface area contributed by atoms with Crippen LogP contribution in [0.3, 0.4) is 0 Å². The average molecular weight is 304 g/mol. The van der Waals surface area contributed by atoms with E-state index in [-0.39, 0.29) is 23.8 Å². The molecule has 1 saturated heterocycles. The highest BCUT2D eigenvalue weighted by atomic mass is 16.3. The molecule has 0 saturated carbocycles. The molecule has 1 aliphatic rings. The lowest BCUT2D eigenvalue weighted by atomic mass is 10.0. The maximum Gasteiger partial charge on any atom is 0.251 e. The Kier molecular flexibility index (Phi) is 5.55. The van der Waals surface area contributed by atoms with Gasteiger partial charge < -0.3 is 15.3 Å². The van der Waals surface area contributed by atoms with Gasteiger partial charge in [-0.25, -0.2) is 0 Å². The quantitative estimate of drug-likeness (QED) is 0.844. The number of carbonyl (C=O) groups is 2. The second-order valence-corrected chi connectivity index (χ2v) is 6.10. The van der Waals surface area contributed by atoms with Gasteiger partial charge in [-0.15, -0.1) is 0 Å². The first kappa shape index (κ1) is 16.5. The fourth-order valence-corrected chi connectivity index (χ4v) is 2.77. The van der Waals surface area contributed by atoms with Gasteiger partial charge in [0.2, 0.25) is 5.91 Å². The van der Waals surface area contributed by atoms with Gasteiger partial charge in [-0.1, -0.05) is 13.0 Å². The van der Waals surface area contributed by atoms with Crippen LogP contribution in [0.2, 0.25) is 0 Å². The summed E-state index contributed by atoms with van der Waals surface area (Å²) in [5.41, 5.74) is 1.34. The van der Waals surface area contributed by atoms with Crippen LogP contribution in [-0.4, -0.2) is 36.1 Å². The predicted octanol–water partition coefficient (Wildman–Crippen LogP) is 1.95. The Morgan fingerprint density at radius 3 is 2.82 bits per heavy atom. The van der Waals surface area contributed by atoms with Crippen LogP contribution in [0.5, 0.6) is 0 Å². The number of nitrogens with one attached hydrogen (secondary N) is 1. The molecule has 1 aromatic carbocycles. The minimum atomic E-state index is -0.364. The zero-order valence-electron chi connectivity index (χ0n) is 13.2. The summed E-state index contributed by atoms with van der Waals surface area (Å²) < 4.78 is 0. The molecule has 1 fully saturated rings. The minimum Gasteiger partial charge on any atom is -0.393 e. The molecule has 120 valence electrons. The van der Waals surface area contributed by atoms with E-state index in [4.69, 9.17) is 0 Å². The van der Waals surface area contributed by atoms with Crippen LogP contribution in [-0.2, 0) is 4.79 Å². The monoisotopic (exact) mass is 304 g/mol. The first-order chi connectivity index (χ1) is 10.5. The highest BCUT2D eigenvalue weighted by molar-refractivity contribution is 5.99. The van der Waals surface area contributed by atoms with Gasteiger partial charge in [0.05, 0.1) is 6.10 Å². The van der Waals surface area contributed by atoms with Crippen molar-refractivity contribution in [2.24, 2.45) is 5.92 Å². The van der Waals surface area contributed by atoms with Crippen molar-refractivity contribution in [2.75, 3.05) is 18.0 Å². The summed E-state index contributed by atoms with van der Waals surface area (Å²) in [4.78, 5) is 25.7. The second kappa shape index (κ2) is 7.40. The molecule has 2 rings (SSSR count). The van der Waals surface area contributed by atoms with Gasteiger partial charge in [0.25, 0.3) is 5.91 Å². The molecule has 0 spiro atoms. The molecular formula is C17H24N2O3. The van der Waals surface area contributed by atoms with Crippen molar-refractivity contribution >= 4 is 17.5 Å². The number of carbonyl (C=O) groups excluding carboxylic acids is 2. The van der Waals surface area contributed by atoms with Crippen LogP contribution in [0.4, 0.5) is 5.69 Å². The van der Waals surface area contributed by atoms with Crippen LogP contribution in [0.15, 0.2) is 24.3 Å². The number of anilines is 1. The van der Waals surface area contributed by atoms with E-state index >= 15 is 0 Å². The molecule has 22 heavy (non-hydrogen) atoms. The van der Waals surface area contributed by atoms with Crippen molar-refractivity contribution in [1.29, 1.82) is 0 Å². The summed E-state index contributed by atoms with van der Waals surface area (Å²) in [5, 5.41) is 12.2. The topological polar surface area (TPSA) is 69.6 Å². The molecule has 1 heterocycles. The van der Waals surface area contributed by atoms with Crippen molar-refractivity contribution < 1.29 is 14.7 Å². The fraction of sp³-hybridized carbons (Fsp3) is 0.529. The normalized spacial score (nSPS) is 17.4. The Balaban J connectivity index is 1.97. The predicted molar refractivity (Wildman–Crippen MR) is 85.8 cm³/mol. The van der Waals surface area contributed by atoms with E-state index < -0.39 is 0 Å². The van der Waals surface area contributed by atoms with E-state index in [1.807, 2.05) is 13.0 Å². The van der Waals surface area contributed by atoms with Gasteiger partial charge >= 0.3 is 0 Å². The molecule has 1 aliphatic heterocycles. The third-order valence-electron chi connectivity index (χ3n) is 3.85. The van der Waals surface area contributed by atoms with Crippen LogP contribution < -0.4 is 10.2 Å². The Morgan fingerprint density at radius 2 is 2.18 bits per heavy atom. The Hall–Kier alpha value is -1.88. The number of hydrogen-bond donors (Lipinski definition) is 2. The van der Waals surface area contributed by atoms with E-state index in [2.05, 4.69) is 5.32 Å². The number of hydrogen-bond acceptors (Lipinski definition) is 3. The summed E-state index contributed by atoms with van der Waals surface area (Å²) in [6, 6.07) is 7.17. The van der Waals surface area contributed by atoms with E-state index in [1.54, 1.807) is 30.0 Å². The smallest absolute Gasteiger partial charge is 0.251 e. The van der Waals surface area contributed by atoms with Gasteiger partial charge in [-0.2, -0.15) is 0 Å². The Bertz CT molecular complexity index is 542. The molecule has 0 aliphatic carbocycles. The Morgan fingerprint density at radius 1 is 1.41 bits per heavy atom. The van der Waals surface area contributed by atoms with E-state index in [0.29, 0.717) is 24.9 Å². The first-order valence-electron chi connectivity index (χ1n) is 7.84. The summed E-state index contributed by atoms with van der Waals surface area (Å²) in [6.45, 7) is 4.98. The van der Waals surface area contributed by atoms with Crippen molar-refractivity contribution in [2.45, 2.75) is 39.2 Å². The zero-order chi connectivity index (χ0) is 16.1. The molecule has 1 aromatic rings. The van der Waals surface area contributed by atoms with Gasteiger partial charge in [-0.3, -0.25) is 9.59 Å². The lowest BCUT2D eigenvalue weighted by Gasteiger charge is -2.17. The molecule has 5 heteroatoms. The largest absolute Gasteiger partial charge is 0.393 e. The van der Waals surface area contributed by atoms with Crippen molar-refractivity contribution in [3.63, 3.8) is 0 Å². The maximum absolute atomic E-state index is 12.2. The van der Waals surface area contributed by atoms with Gasteiger partial charge in [0.1, 0.15) is 0 Å². The van der Waals surface area contributed by atoms with Gasteiger partial charge in [-0.05, 0) is 43.9 Å². The molecule has 0 aromatic heterocycles. The zero-order valence-corrected chi connectivity index (χ0v) is 13.2. The number of benzene rings is 1. The van der Waals surface area contributed by atoms with Gasteiger partial charge in [0, 0.05) is 30.8 Å². The number of aliphatic hydroxyl groups excluding tert-OH is 1. The molecular weight excluding hydrogens is 280 g/mol. The minimum absolute atomic E-state index is 0.114. The molecule has 5 nitrogen and oxygen atoms in total. The van der Waals surface area contributed by atoms with Gasteiger partial charge in [0.15, 0.2) is 0 Å².